The highest BCUT2D eigenvalue weighted by atomic mass is 31.2. The maximum atomic E-state index is 13.0. The summed E-state index contributed by atoms with van der Waals surface area (Å²) in [6, 6.07) is 0. The predicted octanol–water partition coefficient (Wildman–Crippen LogP) is 20.5. The van der Waals surface area contributed by atoms with E-state index in [0.29, 0.717) is 19.3 Å². The van der Waals surface area contributed by atoms with Gasteiger partial charge in [0.25, 0.3) is 0 Å². The molecule has 12 heteroatoms. The van der Waals surface area contributed by atoms with Gasteiger partial charge >= 0.3 is 25.7 Å². The summed E-state index contributed by atoms with van der Waals surface area (Å²) in [4.78, 5) is 48.8. The number of carbonyl (C=O) groups is 3. The average molecular weight is 1150 g/mol. The van der Waals surface area contributed by atoms with E-state index in [2.05, 4.69) is 69.4 Å². The van der Waals surface area contributed by atoms with Crippen LogP contribution in [0.5, 0.6) is 0 Å². The Bertz CT molecular complexity index is 1530. The van der Waals surface area contributed by atoms with Crippen molar-refractivity contribution in [3.8, 4) is 0 Å². The van der Waals surface area contributed by atoms with Gasteiger partial charge in [0.15, 0.2) is 6.10 Å². The number of phosphoric ester groups is 1. The van der Waals surface area contributed by atoms with Gasteiger partial charge in [0.05, 0.1) is 19.8 Å². The van der Waals surface area contributed by atoms with Crippen molar-refractivity contribution in [2.45, 2.75) is 341 Å². The monoisotopic (exact) mass is 1150 g/mol. The highest BCUT2D eigenvalue weighted by Gasteiger charge is 2.28. The third-order valence-electron chi connectivity index (χ3n) is 14.7. The molecule has 2 N–H and O–H groups in total. The predicted molar refractivity (Wildman–Crippen MR) is 335 cm³/mol. The van der Waals surface area contributed by atoms with Crippen molar-refractivity contribution < 1.29 is 52.2 Å². The van der Waals surface area contributed by atoms with Crippen LogP contribution in [0.2, 0.25) is 0 Å². The number of hydrogen-bond acceptors (Lipinski definition) is 10. The summed E-state index contributed by atoms with van der Waals surface area (Å²) in [6.45, 7) is 4.66. The minimum atomic E-state index is -4.75. The number of esters is 3. The van der Waals surface area contributed by atoms with E-state index in [1.807, 2.05) is 0 Å². The highest BCUT2D eigenvalue weighted by Crippen LogP contribution is 2.43. The number of unbranched alkanes of at least 4 members (excludes halogenated alkanes) is 38. The number of hydrogen-bond donors (Lipinski definition) is 2. The molecule has 0 aliphatic carbocycles. The highest BCUT2D eigenvalue weighted by molar-refractivity contribution is 7.47. The van der Waals surface area contributed by atoms with E-state index in [1.165, 1.54) is 186 Å². The normalized spacial score (nSPS) is 13.5. The Morgan fingerprint density at radius 3 is 0.950 bits per heavy atom. The first kappa shape index (κ1) is 77.4. The lowest BCUT2D eigenvalue weighted by atomic mass is 10.0. The van der Waals surface area contributed by atoms with E-state index >= 15 is 0 Å². The van der Waals surface area contributed by atoms with Gasteiger partial charge in [-0.3, -0.25) is 23.4 Å². The van der Waals surface area contributed by atoms with Crippen LogP contribution in [0.4, 0.5) is 0 Å². The number of aliphatic hydroxyl groups is 1. The average Bonchev–Trinajstić information content (AvgIpc) is 3.45. The van der Waals surface area contributed by atoms with Gasteiger partial charge in [0.2, 0.25) is 0 Å². The Labute approximate surface area is 492 Å². The van der Waals surface area contributed by atoms with Crippen LogP contribution in [0, 0.1) is 0 Å². The smallest absolute Gasteiger partial charge is 0.462 e. The molecule has 0 aliphatic heterocycles. The fourth-order valence-electron chi connectivity index (χ4n) is 9.60. The van der Waals surface area contributed by atoms with Gasteiger partial charge in [-0.05, 0) is 83.5 Å². The first-order valence-corrected chi connectivity index (χ1v) is 35.0. The molecule has 3 atom stereocenters. The number of phosphoric acid groups is 1. The van der Waals surface area contributed by atoms with Gasteiger partial charge in [0.1, 0.15) is 12.7 Å². The molecule has 0 radical (unpaired) electrons. The molecule has 3 unspecified atom stereocenters. The zero-order valence-corrected chi connectivity index (χ0v) is 53.0. The summed E-state index contributed by atoms with van der Waals surface area (Å²) < 4.78 is 39.8. The minimum Gasteiger partial charge on any atom is -0.462 e. The third kappa shape index (κ3) is 60.0. The van der Waals surface area contributed by atoms with Gasteiger partial charge in [-0.15, -0.1) is 0 Å². The molecule has 0 bridgehead atoms. The van der Waals surface area contributed by atoms with E-state index in [4.69, 9.17) is 23.3 Å². The van der Waals surface area contributed by atoms with Crippen LogP contribution in [0.3, 0.4) is 0 Å². The van der Waals surface area contributed by atoms with Crippen molar-refractivity contribution in [3.05, 3.63) is 48.6 Å². The molecule has 0 rings (SSSR count). The van der Waals surface area contributed by atoms with E-state index in [0.717, 1.165) is 83.5 Å². The molecule has 0 aromatic rings. The Kier molecular flexibility index (Phi) is 60.5. The molecule has 0 amide bonds. The summed E-state index contributed by atoms with van der Waals surface area (Å²) in [5, 5.41) is 9.87. The van der Waals surface area contributed by atoms with Crippen molar-refractivity contribution >= 4 is 25.7 Å². The van der Waals surface area contributed by atoms with Crippen LogP contribution in [0.1, 0.15) is 329 Å². The van der Waals surface area contributed by atoms with Crippen molar-refractivity contribution in [2.75, 3.05) is 26.4 Å². The maximum Gasteiger partial charge on any atom is 0.472 e. The van der Waals surface area contributed by atoms with Gasteiger partial charge in [-0.1, -0.05) is 275 Å². The topological polar surface area (TPSA) is 155 Å². The number of aliphatic hydroxyl groups excluding tert-OH is 1. The zero-order valence-electron chi connectivity index (χ0n) is 52.1. The van der Waals surface area contributed by atoms with E-state index in [-0.39, 0.29) is 25.9 Å². The van der Waals surface area contributed by atoms with Gasteiger partial charge < -0.3 is 24.2 Å². The molecular formula is C68H125O11P. The molecule has 0 fully saturated rings. The lowest BCUT2D eigenvalue weighted by molar-refractivity contribution is -0.161. The molecule has 468 valence electrons. The standard InChI is InChI=1S/C68H125O11P/c1-4-7-10-13-16-19-22-25-28-31-32-35-38-41-44-47-50-53-56-59-68(72)79-65(61-75-66(70)57-54-51-48-45-42-39-36-33-29-26-23-20-17-14-11-8-5-2)63-77-80(73,74)76-62-64(60-69)78-67(71)58-55-52-49-46-43-40-37-34-30-27-24-21-18-15-12-9-6-3/h16-17,19-20,25-26,28-29,64-65,69H,4-15,18,21-24,27,30-63H2,1-3H3,(H,73,74)/b19-16-,20-17-,28-25-,29-26-. The Hall–Kier alpha value is -2.56. The van der Waals surface area contributed by atoms with E-state index < -0.39 is 57.8 Å². The maximum absolute atomic E-state index is 13.0. The van der Waals surface area contributed by atoms with Gasteiger partial charge in [-0.2, -0.15) is 0 Å². The second-order valence-corrected chi connectivity index (χ2v) is 24.1. The quantitative estimate of drug-likeness (QED) is 0.0197. The first-order valence-electron chi connectivity index (χ1n) is 33.5. The Morgan fingerprint density at radius 1 is 0.350 bits per heavy atom. The molecule has 11 nitrogen and oxygen atoms in total. The van der Waals surface area contributed by atoms with E-state index in [1.54, 1.807) is 0 Å². The van der Waals surface area contributed by atoms with Crippen LogP contribution >= 0.6 is 7.82 Å². The van der Waals surface area contributed by atoms with Crippen molar-refractivity contribution in [2.24, 2.45) is 0 Å². The minimum absolute atomic E-state index is 0.163. The molecule has 80 heavy (non-hydrogen) atoms. The van der Waals surface area contributed by atoms with Crippen molar-refractivity contribution in [1.29, 1.82) is 0 Å². The summed E-state index contributed by atoms with van der Waals surface area (Å²) in [6.07, 6.45) is 69.1. The van der Waals surface area contributed by atoms with Crippen LogP contribution in [0.15, 0.2) is 48.6 Å². The van der Waals surface area contributed by atoms with Crippen molar-refractivity contribution in [3.63, 3.8) is 0 Å². The Balaban J connectivity index is 4.67. The largest absolute Gasteiger partial charge is 0.472 e. The summed E-state index contributed by atoms with van der Waals surface area (Å²) in [7, 11) is -4.75. The summed E-state index contributed by atoms with van der Waals surface area (Å²) in [5.74, 6) is -1.45. The van der Waals surface area contributed by atoms with Crippen LogP contribution < -0.4 is 0 Å². The van der Waals surface area contributed by atoms with Crippen LogP contribution in [0.25, 0.3) is 0 Å². The van der Waals surface area contributed by atoms with Gasteiger partial charge in [-0.25, -0.2) is 4.57 Å². The molecule has 0 aliphatic rings. The number of ether oxygens (including phenoxy) is 3. The summed E-state index contributed by atoms with van der Waals surface area (Å²) >= 11 is 0. The molecule has 0 saturated carbocycles. The second-order valence-electron chi connectivity index (χ2n) is 22.6. The molecule has 0 spiro atoms. The first-order chi connectivity index (χ1) is 39.2. The third-order valence-corrected chi connectivity index (χ3v) is 15.7. The van der Waals surface area contributed by atoms with Crippen LogP contribution in [-0.2, 0) is 42.2 Å². The zero-order chi connectivity index (χ0) is 58.3. The molecule has 0 aromatic carbocycles. The molecule has 0 aromatic heterocycles. The second kappa shape index (κ2) is 62.5. The molecular weight excluding hydrogens is 1020 g/mol. The fourth-order valence-corrected chi connectivity index (χ4v) is 10.4. The Morgan fingerprint density at radius 2 is 0.613 bits per heavy atom. The number of allylic oxidation sites excluding steroid dienone is 8. The molecule has 0 heterocycles. The van der Waals surface area contributed by atoms with Crippen LogP contribution in [-0.4, -0.2) is 66.5 Å². The van der Waals surface area contributed by atoms with E-state index in [9.17, 15) is 28.9 Å². The lowest BCUT2D eigenvalue weighted by Gasteiger charge is -2.21. The fraction of sp³-hybridized carbons (Fsp3) is 0.838. The molecule has 0 saturated heterocycles. The number of rotatable bonds is 63. The van der Waals surface area contributed by atoms with Gasteiger partial charge in [0, 0.05) is 19.3 Å². The SMILES string of the molecule is CCCCC/C=C\C/C=C\CCCCCCCCCCCC(=O)OC(COC(=O)CCCCCCCCC/C=C\C/C=C\CCCCC)COP(=O)(O)OCC(CO)OC(=O)CCCCCCCCCCCCCCCCCCC. The lowest BCUT2D eigenvalue weighted by Crippen LogP contribution is -2.30. The van der Waals surface area contributed by atoms with Crippen molar-refractivity contribution in [1.82, 2.24) is 0 Å². The number of carbonyl (C=O) groups excluding carboxylic acids is 3. The summed E-state index contributed by atoms with van der Waals surface area (Å²) in [5.41, 5.74) is 0.